The fraction of sp³-hybridized carbons (Fsp3) is 0.333. The Morgan fingerprint density at radius 3 is 2.68 bits per heavy atom. The van der Waals surface area contributed by atoms with E-state index in [0.29, 0.717) is 5.56 Å². The van der Waals surface area contributed by atoms with Crippen LogP contribution in [0.3, 0.4) is 0 Å². The summed E-state index contributed by atoms with van der Waals surface area (Å²) in [4.78, 5) is 1.14. The zero-order valence-corrected chi connectivity index (χ0v) is 13.4. The lowest BCUT2D eigenvalue weighted by atomic mass is 10.0. The number of thiophene rings is 1. The van der Waals surface area contributed by atoms with Gasteiger partial charge < -0.3 is 5.32 Å². The van der Waals surface area contributed by atoms with E-state index in [1.54, 1.807) is 17.4 Å². The molecule has 0 aliphatic heterocycles. The van der Waals surface area contributed by atoms with Crippen LogP contribution in [-0.2, 0) is 0 Å². The van der Waals surface area contributed by atoms with E-state index in [4.69, 9.17) is 0 Å². The van der Waals surface area contributed by atoms with Gasteiger partial charge in [-0.25, -0.2) is 4.39 Å². The summed E-state index contributed by atoms with van der Waals surface area (Å²) in [5, 5.41) is 3.43. The number of hydrogen-bond donors (Lipinski definition) is 1. The molecule has 0 fully saturated rings. The summed E-state index contributed by atoms with van der Waals surface area (Å²) >= 11 is 5.20. The predicted octanol–water partition coefficient (Wildman–Crippen LogP) is 5.05. The Morgan fingerprint density at radius 2 is 2.11 bits per heavy atom. The van der Waals surface area contributed by atoms with Crippen molar-refractivity contribution in [3.63, 3.8) is 0 Å². The fourth-order valence-corrected chi connectivity index (χ4v) is 3.65. The molecule has 1 unspecified atom stereocenters. The van der Waals surface area contributed by atoms with Crippen LogP contribution >= 0.6 is 27.3 Å². The van der Waals surface area contributed by atoms with Gasteiger partial charge in [0.15, 0.2) is 0 Å². The second-order valence-electron chi connectivity index (χ2n) is 4.51. The fourth-order valence-electron chi connectivity index (χ4n) is 1.99. The number of halogens is 2. The molecule has 0 aliphatic rings. The number of rotatable bonds is 5. The summed E-state index contributed by atoms with van der Waals surface area (Å²) in [5.41, 5.74) is 1.91. The van der Waals surface area contributed by atoms with Crippen LogP contribution in [0.5, 0.6) is 0 Å². The molecule has 0 saturated heterocycles. The van der Waals surface area contributed by atoms with Crippen molar-refractivity contribution in [1.29, 1.82) is 0 Å². The molecule has 4 heteroatoms. The van der Waals surface area contributed by atoms with E-state index >= 15 is 0 Å². The monoisotopic (exact) mass is 341 g/mol. The maximum atomic E-state index is 14.0. The third-order valence-electron chi connectivity index (χ3n) is 2.98. The molecule has 0 spiro atoms. The van der Waals surface area contributed by atoms with Gasteiger partial charge in [0.1, 0.15) is 5.82 Å². The first-order chi connectivity index (χ1) is 9.13. The first-order valence-electron chi connectivity index (χ1n) is 6.37. The lowest BCUT2D eigenvalue weighted by molar-refractivity contribution is 0.551. The van der Waals surface area contributed by atoms with Crippen molar-refractivity contribution in [3.8, 4) is 0 Å². The zero-order chi connectivity index (χ0) is 13.8. The van der Waals surface area contributed by atoms with Crippen molar-refractivity contribution >= 4 is 27.3 Å². The van der Waals surface area contributed by atoms with Crippen LogP contribution < -0.4 is 5.32 Å². The van der Waals surface area contributed by atoms with Crippen LogP contribution in [0.25, 0.3) is 0 Å². The Hall–Kier alpha value is -0.710. The van der Waals surface area contributed by atoms with E-state index in [9.17, 15) is 4.39 Å². The summed E-state index contributed by atoms with van der Waals surface area (Å²) in [6, 6.07) is 9.03. The second-order valence-corrected chi connectivity index (χ2v) is 6.92. The summed E-state index contributed by atoms with van der Waals surface area (Å²) < 4.78 is 15.1. The number of hydrogen-bond acceptors (Lipinski definition) is 2. The maximum Gasteiger partial charge on any atom is 0.128 e. The van der Waals surface area contributed by atoms with Gasteiger partial charge >= 0.3 is 0 Å². The minimum Gasteiger partial charge on any atom is -0.306 e. The van der Waals surface area contributed by atoms with Crippen LogP contribution in [-0.4, -0.2) is 6.54 Å². The highest BCUT2D eigenvalue weighted by atomic mass is 79.9. The summed E-state index contributed by atoms with van der Waals surface area (Å²) in [6.45, 7) is 5.04. The largest absolute Gasteiger partial charge is 0.306 e. The van der Waals surface area contributed by atoms with Gasteiger partial charge in [0.25, 0.3) is 0 Å². The zero-order valence-electron chi connectivity index (χ0n) is 11.0. The minimum absolute atomic E-state index is 0.0730. The Bertz CT molecular complexity index is 533. The standard InChI is InChI=1S/C15H17BrFNS/c1-3-8-18-14(11-6-4-5-7-12(11)17)13-9-10(2)15(16)19-13/h4-7,9,14,18H,3,8H2,1-2H3. The van der Waals surface area contributed by atoms with Gasteiger partial charge in [-0.1, -0.05) is 25.1 Å². The molecule has 19 heavy (non-hydrogen) atoms. The molecule has 0 bridgehead atoms. The highest BCUT2D eigenvalue weighted by Crippen LogP contribution is 2.35. The van der Waals surface area contributed by atoms with Crippen molar-refractivity contribution in [2.75, 3.05) is 6.54 Å². The smallest absolute Gasteiger partial charge is 0.128 e. The minimum atomic E-state index is -0.154. The van der Waals surface area contributed by atoms with Gasteiger partial charge in [-0.15, -0.1) is 11.3 Å². The molecule has 1 N–H and O–H groups in total. The highest BCUT2D eigenvalue weighted by molar-refractivity contribution is 9.11. The van der Waals surface area contributed by atoms with E-state index in [1.165, 1.54) is 11.6 Å². The second kappa shape index (κ2) is 6.64. The molecule has 0 saturated carbocycles. The van der Waals surface area contributed by atoms with Crippen molar-refractivity contribution in [2.45, 2.75) is 26.3 Å². The van der Waals surface area contributed by atoms with E-state index in [2.05, 4.69) is 41.2 Å². The molecule has 1 aromatic heterocycles. The first-order valence-corrected chi connectivity index (χ1v) is 7.98. The Kier molecular flexibility index (Phi) is 5.13. The molecule has 1 heterocycles. The van der Waals surface area contributed by atoms with Crippen LogP contribution in [0.4, 0.5) is 4.39 Å². The van der Waals surface area contributed by atoms with E-state index in [0.717, 1.165) is 21.6 Å². The lowest BCUT2D eigenvalue weighted by Crippen LogP contribution is -2.23. The van der Waals surface area contributed by atoms with Gasteiger partial charge in [-0.05, 0) is 53.5 Å². The average Bonchev–Trinajstić information content (AvgIpc) is 2.72. The van der Waals surface area contributed by atoms with E-state index in [-0.39, 0.29) is 11.9 Å². The van der Waals surface area contributed by atoms with Gasteiger partial charge in [0.05, 0.1) is 9.83 Å². The average molecular weight is 342 g/mol. The van der Waals surface area contributed by atoms with Crippen molar-refractivity contribution in [2.24, 2.45) is 0 Å². The van der Waals surface area contributed by atoms with Crippen molar-refractivity contribution in [1.82, 2.24) is 5.32 Å². The quantitative estimate of drug-likeness (QED) is 0.802. The lowest BCUT2D eigenvalue weighted by Gasteiger charge is -2.18. The molecule has 2 aromatic rings. The molecule has 0 aliphatic carbocycles. The van der Waals surface area contributed by atoms with Crippen molar-refractivity contribution in [3.05, 3.63) is 55.9 Å². The molecule has 0 amide bonds. The summed E-state index contributed by atoms with van der Waals surface area (Å²) in [6.07, 6.45) is 1.02. The maximum absolute atomic E-state index is 14.0. The van der Waals surface area contributed by atoms with Gasteiger partial charge in [-0.3, -0.25) is 0 Å². The third-order valence-corrected chi connectivity index (χ3v) is 5.18. The van der Waals surface area contributed by atoms with Crippen LogP contribution in [0, 0.1) is 12.7 Å². The first kappa shape index (κ1) is 14.7. The topological polar surface area (TPSA) is 12.0 Å². The molecule has 1 atom stereocenters. The Morgan fingerprint density at radius 1 is 1.37 bits per heavy atom. The molecule has 2 rings (SSSR count). The van der Waals surface area contributed by atoms with Crippen LogP contribution in [0.15, 0.2) is 34.1 Å². The highest BCUT2D eigenvalue weighted by Gasteiger charge is 2.19. The number of aryl methyl sites for hydroxylation is 1. The van der Waals surface area contributed by atoms with Crippen LogP contribution in [0.2, 0.25) is 0 Å². The van der Waals surface area contributed by atoms with Crippen molar-refractivity contribution < 1.29 is 4.39 Å². The Labute approximate surface area is 126 Å². The normalized spacial score (nSPS) is 12.6. The van der Waals surface area contributed by atoms with Gasteiger partial charge in [0.2, 0.25) is 0 Å². The summed E-state index contributed by atoms with van der Waals surface area (Å²) in [7, 11) is 0. The van der Waals surface area contributed by atoms with Gasteiger partial charge in [-0.2, -0.15) is 0 Å². The molecule has 102 valence electrons. The van der Waals surface area contributed by atoms with E-state index < -0.39 is 0 Å². The third kappa shape index (κ3) is 3.44. The molecular formula is C15H17BrFNS. The molecule has 0 radical (unpaired) electrons. The molecule has 1 aromatic carbocycles. The van der Waals surface area contributed by atoms with Crippen LogP contribution in [0.1, 0.15) is 35.4 Å². The van der Waals surface area contributed by atoms with E-state index in [1.807, 2.05) is 12.1 Å². The molecular weight excluding hydrogens is 325 g/mol. The Balaban J connectivity index is 2.38. The number of benzene rings is 1. The molecule has 1 nitrogen and oxygen atoms in total. The summed E-state index contributed by atoms with van der Waals surface area (Å²) in [5.74, 6) is -0.154. The predicted molar refractivity (Wildman–Crippen MR) is 83.3 cm³/mol. The number of nitrogens with one attached hydrogen (secondary N) is 1. The SMILES string of the molecule is CCCNC(c1cc(C)c(Br)s1)c1ccccc1F. The van der Waals surface area contributed by atoms with Gasteiger partial charge in [0, 0.05) is 10.4 Å².